The summed E-state index contributed by atoms with van der Waals surface area (Å²) >= 11 is 1.56. The fraction of sp³-hybridized carbons (Fsp3) is 0.100. The predicted molar refractivity (Wildman–Crippen MR) is 108 cm³/mol. The van der Waals surface area contributed by atoms with E-state index in [0.717, 1.165) is 28.2 Å². The van der Waals surface area contributed by atoms with Gasteiger partial charge >= 0.3 is 0 Å². The molecule has 0 saturated carbocycles. The molecule has 3 aromatic carbocycles. The Kier molecular flexibility index (Phi) is 6.13. The number of hydrogen-bond donors (Lipinski definition) is 2. The third-order valence-electron chi connectivity index (χ3n) is 3.78. The number of rotatable bonds is 6. The van der Waals surface area contributed by atoms with Gasteiger partial charge in [-0.1, -0.05) is 18.2 Å². The minimum atomic E-state index is -1.85. The van der Waals surface area contributed by atoms with E-state index in [9.17, 15) is 13.0 Å². The third kappa shape index (κ3) is 5.08. The maximum Gasteiger partial charge on any atom is 0.153 e. The van der Waals surface area contributed by atoms with Crippen LogP contribution in [0.25, 0.3) is 0 Å². The molecule has 1 atom stereocenters. The summed E-state index contributed by atoms with van der Waals surface area (Å²) in [5.41, 5.74) is 9.18. The number of nitrogens with one attached hydrogen (secondary N) is 1. The summed E-state index contributed by atoms with van der Waals surface area (Å²) in [6.45, 7) is 1.92. The molecule has 0 aliphatic heterocycles. The predicted octanol–water partition coefficient (Wildman–Crippen LogP) is 5.28. The second kappa shape index (κ2) is 8.54. The summed E-state index contributed by atoms with van der Waals surface area (Å²) in [7, 11) is -1.85. The van der Waals surface area contributed by atoms with Crippen LogP contribution in [0.2, 0.25) is 0 Å². The molecule has 0 radical (unpaired) electrons. The zero-order valence-electron chi connectivity index (χ0n) is 14.5. The molecule has 3 N–H and O–H groups in total. The average molecular weight is 405 g/mol. The van der Waals surface area contributed by atoms with Crippen LogP contribution in [0.15, 0.2) is 70.5 Å². The first-order valence-electron chi connectivity index (χ1n) is 8.14. The highest BCUT2D eigenvalue weighted by Crippen LogP contribution is 2.32. The van der Waals surface area contributed by atoms with Crippen molar-refractivity contribution in [3.63, 3.8) is 0 Å². The molecule has 0 heterocycles. The average Bonchev–Trinajstić information content (AvgIpc) is 2.61. The number of thioether (sulfide) groups is 1. The Hall–Kier alpha value is -2.38. The van der Waals surface area contributed by atoms with Crippen molar-refractivity contribution in [1.29, 1.82) is 0 Å². The number of aryl methyl sites for hydroxylation is 1. The van der Waals surface area contributed by atoms with Crippen molar-refractivity contribution in [1.82, 2.24) is 0 Å². The number of anilines is 2. The van der Waals surface area contributed by atoms with Crippen LogP contribution in [-0.4, -0.2) is 4.21 Å². The Balaban J connectivity index is 1.80. The standard InChI is InChI=1S/C20H18F2N2OS2/c1-13-5-7-19(26-12-14-3-2-4-16(23)10-14)18(9-13)24-27(25)20-8-6-15(21)11-17(20)22/h2-11,24H,12,23H2,1H3. The van der Waals surface area contributed by atoms with Crippen LogP contribution in [-0.2, 0) is 16.7 Å². The summed E-state index contributed by atoms with van der Waals surface area (Å²) in [6, 6.07) is 16.3. The van der Waals surface area contributed by atoms with Gasteiger partial charge in [-0.25, -0.2) is 13.0 Å². The van der Waals surface area contributed by atoms with E-state index in [4.69, 9.17) is 5.73 Å². The lowest BCUT2D eigenvalue weighted by atomic mass is 10.2. The van der Waals surface area contributed by atoms with Crippen LogP contribution in [0.1, 0.15) is 11.1 Å². The largest absolute Gasteiger partial charge is 0.399 e. The maximum absolute atomic E-state index is 13.9. The van der Waals surface area contributed by atoms with E-state index in [2.05, 4.69) is 4.72 Å². The molecule has 0 saturated heterocycles. The number of benzene rings is 3. The molecule has 0 aromatic heterocycles. The Bertz CT molecular complexity index is 995. The highest BCUT2D eigenvalue weighted by molar-refractivity contribution is 7.98. The zero-order valence-corrected chi connectivity index (χ0v) is 16.2. The number of nitrogens with two attached hydrogens (primary N) is 1. The van der Waals surface area contributed by atoms with Crippen LogP contribution in [0, 0.1) is 18.6 Å². The molecule has 1 unspecified atom stereocenters. The second-order valence-corrected chi connectivity index (χ2v) is 8.18. The molecule has 3 rings (SSSR count). The first-order chi connectivity index (χ1) is 12.9. The molecule has 27 heavy (non-hydrogen) atoms. The number of halogens is 2. The van der Waals surface area contributed by atoms with Crippen LogP contribution in [0.4, 0.5) is 20.2 Å². The van der Waals surface area contributed by atoms with E-state index < -0.39 is 22.6 Å². The van der Waals surface area contributed by atoms with E-state index in [1.165, 1.54) is 6.07 Å². The molecule has 140 valence electrons. The third-order valence-corrected chi connectivity index (χ3v) is 6.06. The van der Waals surface area contributed by atoms with Crippen LogP contribution < -0.4 is 10.5 Å². The summed E-state index contributed by atoms with van der Waals surface area (Å²) in [5.74, 6) is -0.870. The van der Waals surface area contributed by atoms with Crippen molar-refractivity contribution in [2.45, 2.75) is 22.5 Å². The van der Waals surface area contributed by atoms with Crippen molar-refractivity contribution >= 4 is 34.1 Å². The summed E-state index contributed by atoms with van der Waals surface area (Å²) < 4.78 is 42.4. The molecule has 0 aliphatic rings. The molecular weight excluding hydrogens is 386 g/mol. The normalized spacial score (nSPS) is 12.0. The van der Waals surface area contributed by atoms with Gasteiger partial charge in [0.05, 0.1) is 10.6 Å². The summed E-state index contributed by atoms with van der Waals surface area (Å²) in [4.78, 5) is 0.781. The van der Waals surface area contributed by atoms with Gasteiger partial charge in [-0.15, -0.1) is 11.8 Å². The smallest absolute Gasteiger partial charge is 0.153 e. The van der Waals surface area contributed by atoms with E-state index in [0.29, 0.717) is 17.1 Å². The van der Waals surface area contributed by atoms with Crippen LogP contribution >= 0.6 is 11.8 Å². The molecular formula is C20H18F2N2OS2. The van der Waals surface area contributed by atoms with E-state index in [1.54, 1.807) is 11.8 Å². The van der Waals surface area contributed by atoms with Crippen LogP contribution in [0.3, 0.4) is 0 Å². The van der Waals surface area contributed by atoms with Gasteiger partial charge in [-0.05, 0) is 54.4 Å². The SMILES string of the molecule is Cc1ccc(SCc2cccc(N)c2)c(NS(=O)c2ccc(F)cc2F)c1. The molecule has 3 nitrogen and oxygen atoms in total. The second-order valence-electron chi connectivity index (χ2n) is 5.98. The first-order valence-corrected chi connectivity index (χ1v) is 10.3. The highest BCUT2D eigenvalue weighted by Gasteiger charge is 2.14. The molecule has 7 heteroatoms. The number of nitrogen functional groups attached to an aromatic ring is 1. The van der Waals surface area contributed by atoms with Crippen molar-refractivity contribution < 1.29 is 13.0 Å². The summed E-state index contributed by atoms with van der Waals surface area (Å²) in [6.07, 6.45) is 0. The highest BCUT2D eigenvalue weighted by atomic mass is 32.2. The van der Waals surface area contributed by atoms with Gasteiger partial charge in [0.2, 0.25) is 0 Å². The Labute approximate surface area is 163 Å². The monoisotopic (exact) mass is 404 g/mol. The fourth-order valence-electron chi connectivity index (χ4n) is 2.47. The van der Waals surface area contributed by atoms with Gasteiger partial charge in [0.1, 0.15) is 11.6 Å². The van der Waals surface area contributed by atoms with Gasteiger partial charge in [-0.2, -0.15) is 0 Å². The molecule has 0 bridgehead atoms. The fourth-order valence-corrected chi connectivity index (χ4v) is 4.38. The first kappa shape index (κ1) is 19.4. The minimum Gasteiger partial charge on any atom is -0.399 e. The van der Waals surface area contributed by atoms with E-state index in [1.807, 2.05) is 49.4 Å². The van der Waals surface area contributed by atoms with E-state index >= 15 is 0 Å². The Morgan fingerprint density at radius 2 is 1.89 bits per heavy atom. The van der Waals surface area contributed by atoms with Crippen molar-refractivity contribution in [3.8, 4) is 0 Å². The molecule has 0 fully saturated rings. The Morgan fingerprint density at radius 1 is 1.07 bits per heavy atom. The lowest BCUT2D eigenvalue weighted by molar-refractivity contribution is 0.562. The molecule has 0 spiro atoms. The minimum absolute atomic E-state index is 0.0929. The molecule has 0 amide bonds. The Morgan fingerprint density at radius 3 is 2.63 bits per heavy atom. The lowest BCUT2D eigenvalue weighted by Crippen LogP contribution is -2.08. The maximum atomic E-state index is 13.9. The molecule has 0 aliphatic carbocycles. The van der Waals surface area contributed by atoms with Gasteiger partial charge in [0.15, 0.2) is 11.0 Å². The number of hydrogen-bond acceptors (Lipinski definition) is 3. The van der Waals surface area contributed by atoms with Crippen molar-refractivity contribution in [2.24, 2.45) is 0 Å². The van der Waals surface area contributed by atoms with Gasteiger partial charge in [0.25, 0.3) is 0 Å². The topological polar surface area (TPSA) is 55.1 Å². The van der Waals surface area contributed by atoms with Crippen LogP contribution in [0.5, 0.6) is 0 Å². The quantitative estimate of drug-likeness (QED) is 0.434. The zero-order chi connectivity index (χ0) is 19.4. The van der Waals surface area contributed by atoms with Gasteiger partial charge in [0, 0.05) is 22.4 Å². The van der Waals surface area contributed by atoms with Gasteiger partial charge in [-0.3, -0.25) is 4.72 Å². The van der Waals surface area contributed by atoms with E-state index in [-0.39, 0.29) is 4.90 Å². The lowest BCUT2D eigenvalue weighted by Gasteiger charge is -2.13. The molecule has 3 aromatic rings. The van der Waals surface area contributed by atoms with Crippen molar-refractivity contribution in [3.05, 3.63) is 83.4 Å². The summed E-state index contributed by atoms with van der Waals surface area (Å²) in [5, 5.41) is 0. The van der Waals surface area contributed by atoms with Gasteiger partial charge < -0.3 is 5.73 Å². The van der Waals surface area contributed by atoms with Crippen molar-refractivity contribution in [2.75, 3.05) is 10.5 Å².